The van der Waals surface area contributed by atoms with Crippen molar-refractivity contribution >= 4 is 5.84 Å². The van der Waals surface area contributed by atoms with Gasteiger partial charge in [0.1, 0.15) is 12.4 Å². The Morgan fingerprint density at radius 3 is 2.91 bits per heavy atom. The summed E-state index contributed by atoms with van der Waals surface area (Å²) in [4.78, 5) is 8.58. The molecule has 2 heterocycles. The van der Waals surface area contributed by atoms with Gasteiger partial charge in [0.2, 0.25) is 0 Å². The van der Waals surface area contributed by atoms with Crippen LogP contribution in [0.5, 0.6) is 11.5 Å². The first-order chi connectivity index (χ1) is 10.9. The molecule has 0 saturated carbocycles. The van der Waals surface area contributed by atoms with Crippen LogP contribution in [0.4, 0.5) is 0 Å². The molecule has 0 fully saturated rings. The Labute approximate surface area is 130 Å². The lowest BCUT2D eigenvalue weighted by atomic mass is 10.1. The Morgan fingerprint density at radius 2 is 2.18 bits per heavy atom. The van der Waals surface area contributed by atoms with E-state index in [0.29, 0.717) is 18.1 Å². The molecule has 22 heavy (non-hydrogen) atoms. The van der Waals surface area contributed by atoms with Crippen molar-refractivity contribution in [2.45, 2.75) is 13.0 Å². The maximum Gasteiger partial charge on any atom is 0.161 e. The zero-order chi connectivity index (χ0) is 15.2. The van der Waals surface area contributed by atoms with Crippen molar-refractivity contribution in [1.29, 1.82) is 0 Å². The van der Waals surface area contributed by atoms with E-state index in [1.165, 1.54) is 0 Å². The third kappa shape index (κ3) is 3.36. The normalized spacial score (nSPS) is 14.0. The summed E-state index contributed by atoms with van der Waals surface area (Å²) < 4.78 is 11.3. The Balaban J connectivity index is 1.75. The third-order valence-electron chi connectivity index (χ3n) is 3.45. The number of ether oxygens (including phenoxy) is 2. The van der Waals surface area contributed by atoms with Gasteiger partial charge in [-0.05, 0) is 30.7 Å². The molecular weight excluding hydrogens is 278 g/mol. The molecule has 0 radical (unpaired) electrons. The first-order valence-electron chi connectivity index (χ1n) is 7.35. The van der Waals surface area contributed by atoms with E-state index < -0.39 is 0 Å². The lowest BCUT2D eigenvalue weighted by Crippen LogP contribution is -2.30. The lowest BCUT2D eigenvalue weighted by Gasteiger charge is -2.16. The van der Waals surface area contributed by atoms with E-state index in [1.54, 1.807) is 19.5 Å². The molecule has 3 rings (SSSR count). The molecule has 1 N–H and O–H groups in total. The highest BCUT2D eigenvalue weighted by Gasteiger charge is 2.11. The number of methoxy groups -OCH3 is 1. The van der Waals surface area contributed by atoms with Crippen LogP contribution in [-0.4, -0.2) is 31.0 Å². The minimum absolute atomic E-state index is 0.461. The quantitative estimate of drug-likeness (QED) is 0.921. The second kappa shape index (κ2) is 6.93. The number of nitrogens with zero attached hydrogens (tertiary/aromatic N) is 2. The molecule has 1 aliphatic heterocycles. The zero-order valence-electron chi connectivity index (χ0n) is 12.6. The van der Waals surface area contributed by atoms with E-state index in [-0.39, 0.29) is 0 Å². The number of pyridine rings is 1. The minimum Gasteiger partial charge on any atom is -0.493 e. The second-order valence-electron chi connectivity index (χ2n) is 5.03. The van der Waals surface area contributed by atoms with E-state index in [1.807, 2.05) is 30.3 Å². The van der Waals surface area contributed by atoms with Crippen LogP contribution >= 0.6 is 0 Å². The highest BCUT2D eigenvalue weighted by molar-refractivity contribution is 5.99. The van der Waals surface area contributed by atoms with Crippen LogP contribution in [0.3, 0.4) is 0 Å². The van der Waals surface area contributed by atoms with Crippen molar-refractivity contribution in [3.05, 3.63) is 53.9 Å². The first kappa shape index (κ1) is 14.4. The van der Waals surface area contributed by atoms with E-state index in [0.717, 1.165) is 36.5 Å². The van der Waals surface area contributed by atoms with Crippen LogP contribution in [0.15, 0.2) is 47.7 Å². The van der Waals surface area contributed by atoms with Crippen molar-refractivity contribution < 1.29 is 9.47 Å². The molecule has 2 aromatic rings. The molecule has 5 heteroatoms. The fourth-order valence-electron chi connectivity index (χ4n) is 2.30. The van der Waals surface area contributed by atoms with Crippen molar-refractivity contribution in [2.75, 3.05) is 20.2 Å². The average Bonchev–Trinajstić information content (AvgIpc) is 2.61. The van der Waals surface area contributed by atoms with Gasteiger partial charge in [0.05, 0.1) is 7.11 Å². The highest BCUT2D eigenvalue weighted by Crippen LogP contribution is 2.29. The maximum atomic E-state index is 5.83. The van der Waals surface area contributed by atoms with Gasteiger partial charge in [0.25, 0.3) is 0 Å². The van der Waals surface area contributed by atoms with Crippen LogP contribution in [0.2, 0.25) is 0 Å². The van der Waals surface area contributed by atoms with Crippen LogP contribution in [0.1, 0.15) is 17.5 Å². The van der Waals surface area contributed by atoms with Crippen molar-refractivity contribution in [3.8, 4) is 11.5 Å². The summed E-state index contributed by atoms with van der Waals surface area (Å²) in [6, 6.07) is 9.75. The number of hydrogen-bond donors (Lipinski definition) is 1. The van der Waals surface area contributed by atoms with Gasteiger partial charge < -0.3 is 14.8 Å². The SMILES string of the molecule is COc1cc(C2=NCCCN2)ccc1OCc1cccnc1. The Kier molecular flexibility index (Phi) is 4.53. The van der Waals surface area contributed by atoms with E-state index >= 15 is 0 Å². The van der Waals surface area contributed by atoms with Gasteiger partial charge in [0, 0.05) is 36.6 Å². The number of benzene rings is 1. The molecule has 0 amide bonds. The van der Waals surface area contributed by atoms with Crippen molar-refractivity contribution in [3.63, 3.8) is 0 Å². The highest BCUT2D eigenvalue weighted by atomic mass is 16.5. The Morgan fingerprint density at radius 1 is 1.23 bits per heavy atom. The molecule has 0 spiro atoms. The second-order valence-corrected chi connectivity index (χ2v) is 5.03. The van der Waals surface area contributed by atoms with Crippen LogP contribution in [-0.2, 0) is 6.61 Å². The van der Waals surface area contributed by atoms with E-state index in [4.69, 9.17) is 9.47 Å². The lowest BCUT2D eigenvalue weighted by molar-refractivity contribution is 0.284. The summed E-state index contributed by atoms with van der Waals surface area (Å²) >= 11 is 0. The van der Waals surface area contributed by atoms with Gasteiger partial charge in [-0.3, -0.25) is 9.98 Å². The van der Waals surface area contributed by atoms with Crippen molar-refractivity contribution in [1.82, 2.24) is 10.3 Å². The number of nitrogens with one attached hydrogen (secondary N) is 1. The molecular formula is C17H19N3O2. The summed E-state index contributed by atoms with van der Waals surface area (Å²) in [6.07, 6.45) is 4.62. The largest absolute Gasteiger partial charge is 0.493 e. The summed E-state index contributed by atoms with van der Waals surface area (Å²) in [5, 5.41) is 3.31. The monoisotopic (exact) mass is 297 g/mol. The van der Waals surface area contributed by atoms with Crippen LogP contribution in [0, 0.1) is 0 Å². The predicted molar refractivity (Wildman–Crippen MR) is 85.6 cm³/mol. The molecule has 0 saturated heterocycles. The summed E-state index contributed by atoms with van der Waals surface area (Å²) in [5.41, 5.74) is 2.04. The van der Waals surface area contributed by atoms with Gasteiger partial charge in [0.15, 0.2) is 11.5 Å². The maximum absolute atomic E-state index is 5.83. The fraction of sp³-hybridized carbons (Fsp3) is 0.294. The molecule has 1 aliphatic rings. The Hall–Kier alpha value is -2.56. The minimum atomic E-state index is 0.461. The standard InChI is InChI=1S/C17H19N3O2/c1-21-16-10-14(17-19-8-3-9-20-17)5-6-15(16)22-12-13-4-2-7-18-11-13/h2,4-7,10-11H,3,8-9,12H2,1H3,(H,19,20). The molecule has 0 bridgehead atoms. The molecule has 0 aliphatic carbocycles. The number of rotatable bonds is 5. The van der Waals surface area contributed by atoms with Crippen molar-refractivity contribution in [2.24, 2.45) is 4.99 Å². The molecule has 1 aromatic carbocycles. The van der Waals surface area contributed by atoms with Gasteiger partial charge in [-0.25, -0.2) is 0 Å². The molecule has 5 nitrogen and oxygen atoms in total. The van der Waals surface area contributed by atoms with Gasteiger partial charge in [-0.2, -0.15) is 0 Å². The Bertz CT molecular complexity index is 656. The van der Waals surface area contributed by atoms with Gasteiger partial charge in [-0.1, -0.05) is 6.07 Å². The number of aromatic nitrogens is 1. The summed E-state index contributed by atoms with van der Waals surface area (Å²) in [6.45, 7) is 2.28. The topological polar surface area (TPSA) is 55.7 Å². The summed E-state index contributed by atoms with van der Waals surface area (Å²) in [7, 11) is 1.64. The van der Waals surface area contributed by atoms with Gasteiger partial charge in [-0.15, -0.1) is 0 Å². The van der Waals surface area contributed by atoms with E-state index in [9.17, 15) is 0 Å². The fourth-order valence-corrected chi connectivity index (χ4v) is 2.30. The van der Waals surface area contributed by atoms with E-state index in [2.05, 4.69) is 15.3 Å². The average molecular weight is 297 g/mol. The smallest absolute Gasteiger partial charge is 0.161 e. The van der Waals surface area contributed by atoms with Crippen LogP contribution < -0.4 is 14.8 Å². The predicted octanol–water partition coefficient (Wildman–Crippen LogP) is 2.41. The summed E-state index contributed by atoms with van der Waals surface area (Å²) in [5.74, 6) is 2.34. The van der Waals surface area contributed by atoms with Gasteiger partial charge >= 0.3 is 0 Å². The molecule has 114 valence electrons. The number of amidine groups is 1. The molecule has 0 unspecified atom stereocenters. The number of hydrogen-bond acceptors (Lipinski definition) is 5. The third-order valence-corrected chi connectivity index (χ3v) is 3.45. The first-order valence-corrected chi connectivity index (χ1v) is 7.35. The number of aliphatic imine (C=N–C) groups is 1. The molecule has 0 atom stereocenters. The molecule has 1 aromatic heterocycles. The zero-order valence-corrected chi connectivity index (χ0v) is 12.6. The van der Waals surface area contributed by atoms with Crippen LogP contribution in [0.25, 0.3) is 0 Å².